The number of rotatable bonds is 4. The Bertz CT molecular complexity index is 1280. The predicted molar refractivity (Wildman–Crippen MR) is 122 cm³/mol. The normalized spacial score (nSPS) is 31.7. The molecule has 7 N–H and O–H groups in total. The van der Waals surface area contributed by atoms with Crippen LogP contribution in [0.2, 0.25) is 0 Å². The molecule has 0 bridgehead atoms. The van der Waals surface area contributed by atoms with Crippen molar-refractivity contribution >= 4 is 29.2 Å². The number of Topliss-reactive ketones (excluding diaryl/α,β-unsaturated/α-hetero) is 2. The lowest BCUT2D eigenvalue weighted by atomic mass is 9.54. The summed E-state index contributed by atoms with van der Waals surface area (Å²) in [6, 6.07) is 2.82. The van der Waals surface area contributed by atoms with Crippen LogP contribution < -0.4 is 5.32 Å². The van der Waals surface area contributed by atoms with E-state index in [4.69, 9.17) is 5.11 Å². The first-order valence-corrected chi connectivity index (χ1v) is 11.1. The van der Waals surface area contributed by atoms with E-state index in [0.717, 1.165) is 0 Å². The second kappa shape index (κ2) is 8.15. The van der Waals surface area contributed by atoms with Gasteiger partial charge in [-0.15, -0.1) is 0 Å². The van der Waals surface area contributed by atoms with Crippen molar-refractivity contribution < 1.29 is 49.8 Å². The van der Waals surface area contributed by atoms with Gasteiger partial charge in [0.1, 0.15) is 29.4 Å². The van der Waals surface area contributed by atoms with Crippen LogP contribution in [0.25, 0.3) is 5.76 Å². The highest BCUT2D eigenvalue weighted by atomic mass is 16.4. The number of amides is 1. The third-order valence-corrected chi connectivity index (χ3v) is 7.40. The first-order chi connectivity index (χ1) is 16.7. The fourth-order valence-corrected chi connectivity index (χ4v) is 5.73. The number of hydrogen-bond donors (Lipinski definition) is 7. The number of aliphatic hydroxyl groups is 4. The zero-order chi connectivity index (χ0) is 26.9. The van der Waals surface area contributed by atoms with E-state index in [1.165, 1.54) is 44.1 Å². The molecule has 0 aromatic heterocycles. The van der Waals surface area contributed by atoms with Crippen molar-refractivity contribution in [1.29, 1.82) is 0 Å². The maximum absolute atomic E-state index is 13.8. The minimum atomic E-state index is -2.86. The lowest BCUT2D eigenvalue weighted by Crippen LogP contribution is -2.67. The highest BCUT2D eigenvalue weighted by Gasteiger charge is 2.66. The number of aliphatic hydroxyl groups excluding tert-OH is 2. The van der Waals surface area contributed by atoms with Crippen LogP contribution in [0.1, 0.15) is 24.5 Å². The van der Waals surface area contributed by atoms with Gasteiger partial charge in [0.25, 0.3) is 5.91 Å². The van der Waals surface area contributed by atoms with E-state index < -0.39 is 87.5 Å². The van der Waals surface area contributed by atoms with Gasteiger partial charge in [0.15, 0.2) is 11.4 Å². The molecule has 1 aromatic carbocycles. The van der Waals surface area contributed by atoms with E-state index in [9.17, 15) is 44.7 Å². The van der Waals surface area contributed by atoms with Crippen LogP contribution in [0.15, 0.2) is 35.1 Å². The number of benzene rings is 1. The molecule has 12 nitrogen and oxygen atoms in total. The number of hydrogen-bond acceptors (Lipinski definition) is 10. The number of carbonyl (C=O) groups is 4. The van der Waals surface area contributed by atoms with Gasteiger partial charge >= 0.3 is 5.97 Å². The molecule has 12 heteroatoms. The summed E-state index contributed by atoms with van der Waals surface area (Å²) in [5.74, 6) is -9.84. The van der Waals surface area contributed by atoms with Crippen LogP contribution in [-0.2, 0) is 24.8 Å². The Morgan fingerprint density at radius 2 is 1.78 bits per heavy atom. The van der Waals surface area contributed by atoms with E-state index >= 15 is 0 Å². The number of fused-ring (bicyclic) bond motifs is 3. The van der Waals surface area contributed by atoms with Crippen molar-refractivity contribution in [2.24, 2.45) is 11.8 Å². The van der Waals surface area contributed by atoms with Crippen LogP contribution >= 0.6 is 0 Å². The molecule has 5 atom stereocenters. The highest BCUT2D eigenvalue weighted by Crippen LogP contribution is 2.57. The van der Waals surface area contributed by atoms with Crippen molar-refractivity contribution in [2.45, 2.75) is 30.6 Å². The zero-order valence-electron chi connectivity index (χ0n) is 19.6. The molecule has 1 unspecified atom stereocenters. The third-order valence-electron chi connectivity index (χ3n) is 7.40. The van der Waals surface area contributed by atoms with Gasteiger partial charge in [-0.2, -0.15) is 0 Å². The first kappa shape index (κ1) is 25.4. The second-order valence-corrected chi connectivity index (χ2v) is 9.67. The molecule has 3 aliphatic rings. The predicted octanol–water partition coefficient (Wildman–Crippen LogP) is -0.655. The Morgan fingerprint density at radius 1 is 1.14 bits per heavy atom. The monoisotopic (exact) mass is 502 g/mol. The molecule has 0 radical (unpaired) electrons. The van der Waals surface area contributed by atoms with Crippen LogP contribution in [0.5, 0.6) is 5.75 Å². The number of nitrogens with zero attached hydrogens (tertiary/aromatic N) is 1. The van der Waals surface area contributed by atoms with Gasteiger partial charge < -0.3 is 36.0 Å². The van der Waals surface area contributed by atoms with E-state index in [1.54, 1.807) is 0 Å². The van der Waals surface area contributed by atoms with Crippen molar-refractivity contribution in [3.63, 3.8) is 0 Å². The molecule has 1 amide bonds. The van der Waals surface area contributed by atoms with E-state index in [0.29, 0.717) is 0 Å². The van der Waals surface area contributed by atoms with Gasteiger partial charge in [0, 0.05) is 17.4 Å². The minimum Gasteiger partial charge on any atom is -0.508 e. The molecule has 1 fully saturated rings. The first-order valence-electron chi connectivity index (χ1n) is 11.1. The molecule has 1 aromatic rings. The molecule has 1 saturated carbocycles. The molecule has 0 spiro atoms. The number of carboxylic acids is 1. The van der Waals surface area contributed by atoms with Crippen LogP contribution in [-0.4, -0.2) is 91.3 Å². The maximum Gasteiger partial charge on any atom is 0.322 e. The fourth-order valence-electron chi connectivity index (χ4n) is 5.73. The summed E-state index contributed by atoms with van der Waals surface area (Å²) >= 11 is 0. The van der Waals surface area contributed by atoms with E-state index in [-0.39, 0.29) is 17.5 Å². The number of nitrogens with one attached hydrogen (secondary N) is 1. The van der Waals surface area contributed by atoms with Gasteiger partial charge in [-0.25, -0.2) is 0 Å². The summed E-state index contributed by atoms with van der Waals surface area (Å²) in [6.07, 6.45) is -0.271. The van der Waals surface area contributed by atoms with Crippen molar-refractivity contribution in [3.05, 3.63) is 46.2 Å². The Hall–Kier alpha value is -3.74. The zero-order valence-corrected chi connectivity index (χ0v) is 19.6. The Morgan fingerprint density at radius 3 is 2.36 bits per heavy atom. The molecule has 192 valence electrons. The van der Waals surface area contributed by atoms with Gasteiger partial charge in [0.05, 0.1) is 17.2 Å². The largest absolute Gasteiger partial charge is 0.508 e. The summed E-state index contributed by atoms with van der Waals surface area (Å²) in [5.41, 5.74) is -6.24. The van der Waals surface area contributed by atoms with Gasteiger partial charge in [-0.1, -0.05) is 12.1 Å². The quantitative estimate of drug-likeness (QED) is 0.257. The Labute approximate surface area is 204 Å². The number of aromatic hydroxyl groups is 1. The lowest BCUT2D eigenvalue weighted by molar-refractivity contribution is -0.159. The summed E-state index contributed by atoms with van der Waals surface area (Å²) in [4.78, 5) is 52.1. The van der Waals surface area contributed by atoms with Gasteiger partial charge in [-0.3, -0.25) is 24.1 Å². The standard InChI is InChI=1S/C24H26N2O10/c1-23(35)9-5-4-6-12(27)14(9)18(30)15-10(23)7-11-17(26(2)3)19(31)16(22(34)25-8-13(28)29)21(33)24(11,36)20(15)32/h4-6,10-11,17,27,30,33,35-36H,7-8H2,1-3H3,(H,25,34)(H,28,29)/t10?,11-,17-,23+,24-/m0/s1. The maximum atomic E-state index is 13.8. The SMILES string of the molecule is CN(C)[C@@H]1C(=O)C(C(=O)NCC(=O)O)=C(O)[C@@]2(O)C(=O)C3=C(O)c4c(O)cccc4[C@@](C)(O)C3C[C@@H]12. The number of phenolic OH excluding ortho intramolecular Hbond substituents is 1. The summed E-state index contributed by atoms with van der Waals surface area (Å²) in [5, 5.41) is 66.4. The van der Waals surface area contributed by atoms with Gasteiger partial charge in [-0.05, 0) is 39.1 Å². The van der Waals surface area contributed by atoms with Crippen LogP contribution in [0, 0.1) is 11.8 Å². The smallest absolute Gasteiger partial charge is 0.322 e. The molecule has 4 rings (SSSR count). The van der Waals surface area contributed by atoms with Crippen molar-refractivity contribution in [3.8, 4) is 5.75 Å². The highest BCUT2D eigenvalue weighted by molar-refractivity contribution is 6.25. The number of carbonyl (C=O) groups excluding carboxylic acids is 3. The number of ketones is 2. The fraction of sp³-hybridized carbons (Fsp3) is 0.417. The third kappa shape index (κ3) is 3.25. The number of carboxylic acid groups (broad SMARTS) is 1. The summed E-state index contributed by atoms with van der Waals surface area (Å²) < 4.78 is 0. The molecule has 0 heterocycles. The van der Waals surface area contributed by atoms with E-state index in [1.807, 2.05) is 5.32 Å². The average Bonchev–Trinajstić information content (AvgIpc) is 2.78. The molecule has 3 aliphatic carbocycles. The van der Waals surface area contributed by atoms with Crippen LogP contribution in [0.4, 0.5) is 0 Å². The number of aliphatic carboxylic acids is 1. The number of phenols is 1. The Kier molecular flexibility index (Phi) is 5.74. The lowest BCUT2D eigenvalue weighted by Gasteiger charge is -2.53. The molecular weight excluding hydrogens is 476 g/mol. The molecule has 0 aliphatic heterocycles. The number of likely N-dealkylation sites (N-methyl/N-ethyl adjacent to an activating group) is 1. The Balaban J connectivity index is 1.97. The minimum absolute atomic E-state index is 0.129. The van der Waals surface area contributed by atoms with Crippen molar-refractivity contribution in [2.75, 3.05) is 20.6 Å². The molecule has 0 saturated heterocycles. The van der Waals surface area contributed by atoms with Gasteiger partial charge in [0.2, 0.25) is 5.78 Å². The second-order valence-electron chi connectivity index (χ2n) is 9.67. The summed E-state index contributed by atoms with van der Waals surface area (Å²) in [6.45, 7) is 0.480. The summed E-state index contributed by atoms with van der Waals surface area (Å²) in [7, 11) is 2.91. The van der Waals surface area contributed by atoms with Crippen molar-refractivity contribution in [1.82, 2.24) is 10.2 Å². The molecule has 36 heavy (non-hydrogen) atoms. The topological polar surface area (TPSA) is 205 Å². The van der Waals surface area contributed by atoms with E-state index in [2.05, 4.69) is 0 Å². The average molecular weight is 502 g/mol. The van der Waals surface area contributed by atoms with Crippen LogP contribution in [0.3, 0.4) is 0 Å². The molecular formula is C24H26N2O10.